The summed E-state index contributed by atoms with van der Waals surface area (Å²) in [5.41, 5.74) is 1.05. The highest BCUT2D eigenvalue weighted by atomic mass is 16.1. The highest BCUT2D eigenvalue weighted by Crippen LogP contribution is 2.15. The van der Waals surface area contributed by atoms with Crippen LogP contribution in [0.4, 0.5) is 0 Å². The summed E-state index contributed by atoms with van der Waals surface area (Å²) in [5.74, 6) is 0.428. The second-order valence-corrected chi connectivity index (χ2v) is 5.86. The molecule has 0 spiro atoms. The van der Waals surface area contributed by atoms with Crippen molar-refractivity contribution in [3.05, 3.63) is 36.2 Å². The number of rotatable bonds is 4. The molecule has 1 aliphatic heterocycles. The Morgan fingerprint density at radius 1 is 1.41 bits per heavy atom. The summed E-state index contributed by atoms with van der Waals surface area (Å²) in [7, 11) is 0. The monoisotopic (exact) mass is 298 g/mol. The third-order valence-electron chi connectivity index (χ3n) is 4.30. The van der Waals surface area contributed by atoms with Crippen LogP contribution in [0.1, 0.15) is 30.3 Å². The molecule has 1 unspecified atom stereocenters. The predicted molar refractivity (Wildman–Crippen MR) is 86.7 cm³/mol. The van der Waals surface area contributed by atoms with Crippen molar-refractivity contribution in [3.63, 3.8) is 0 Å². The average molecular weight is 298 g/mol. The zero-order valence-corrected chi connectivity index (χ0v) is 13.0. The Morgan fingerprint density at radius 3 is 3.18 bits per heavy atom. The quantitative estimate of drug-likeness (QED) is 0.939. The number of hydrogen-bond acceptors (Lipinski definition) is 4. The van der Waals surface area contributed by atoms with E-state index in [0.29, 0.717) is 17.3 Å². The van der Waals surface area contributed by atoms with Gasteiger partial charge in [-0.25, -0.2) is 9.97 Å². The van der Waals surface area contributed by atoms with Crippen LogP contribution < -0.4 is 5.32 Å². The molecule has 1 saturated heterocycles. The van der Waals surface area contributed by atoms with Gasteiger partial charge in [0.25, 0.3) is 5.91 Å². The van der Waals surface area contributed by atoms with Gasteiger partial charge in [0.2, 0.25) is 0 Å². The molecule has 0 saturated carbocycles. The van der Waals surface area contributed by atoms with Crippen LogP contribution in [0.25, 0.3) is 11.0 Å². The van der Waals surface area contributed by atoms with Crippen molar-refractivity contribution in [2.45, 2.75) is 19.8 Å². The van der Waals surface area contributed by atoms with Gasteiger partial charge in [0.15, 0.2) is 5.65 Å². The predicted octanol–water partition coefficient (Wildman–Crippen LogP) is 2.09. The van der Waals surface area contributed by atoms with Crippen LogP contribution in [0.3, 0.4) is 0 Å². The van der Waals surface area contributed by atoms with Gasteiger partial charge < -0.3 is 10.2 Å². The van der Waals surface area contributed by atoms with Crippen LogP contribution in [-0.2, 0) is 0 Å². The lowest BCUT2D eigenvalue weighted by atomic mass is 9.98. The van der Waals surface area contributed by atoms with Crippen molar-refractivity contribution in [3.8, 4) is 0 Å². The first-order valence-electron chi connectivity index (χ1n) is 7.98. The van der Waals surface area contributed by atoms with Crippen molar-refractivity contribution < 1.29 is 4.79 Å². The maximum absolute atomic E-state index is 12.3. The Hall–Kier alpha value is -2.01. The summed E-state index contributed by atoms with van der Waals surface area (Å²) in [6.07, 6.45) is 4.09. The third-order valence-corrected chi connectivity index (χ3v) is 4.30. The van der Waals surface area contributed by atoms with Gasteiger partial charge in [0.1, 0.15) is 5.69 Å². The minimum absolute atomic E-state index is 0.110. The van der Waals surface area contributed by atoms with Crippen molar-refractivity contribution >= 4 is 16.9 Å². The molecule has 0 radical (unpaired) electrons. The Kier molecular flexibility index (Phi) is 4.63. The van der Waals surface area contributed by atoms with E-state index in [0.717, 1.165) is 25.0 Å². The minimum atomic E-state index is -0.110. The number of piperidine rings is 1. The molecule has 116 valence electrons. The first kappa shape index (κ1) is 14.9. The maximum Gasteiger partial charge on any atom is 0.269 e. The summed E-state index contributed by atoms with van der Waals surface area (Å²) in [6, 6.07) is 7.47. The molecule has 5 nitrogen and oxygen atoms in total. The lowest BCUT2D eigenvalue weighted by Crippen LogP contribution is -2.40. The van der Waals surface area contributed by atoms with Crippen molar-refractivity contribution in [2.75, 3.05) is 26.2 Å². The first-order chi connectivity index (χ1) is 10.8. The van der Waals surface area contributed by atoms with E-state index in [2.05, 4.69) is 27.1 Å². The highest BCUT2D eigenvalue weighted by Gasteiger charge is 2.19. The Bertz CT molecular complexity index is 658. The first-order valence-corrected chi connectivity index (χ1v) is 7.98. The lowest BCUT2D eigenvalue weighted by Gasteiger charge is -2.31. The molecule has 0 bridgehead atoms. The molecule has 3 heterocycles. The van der Waals surface area contributed by atoms with Crippen molar-refractivity contribution in [1.82, 2.24) is 20.2 Å². The molecule has 0 aromatic carbocycles. The summed E-state index contributed by atoms with van der Waals surface area (Å²) in [5, 5.41) is 3.97. The lowest BCUT2D eigenvalue weighted by molar-refractivity contribution is 0.0929. The Balaban J connectivity index is 1.61. The van der Waals surface area contributed by atoms with E-state index in [1.807, 2.05) is 18.2 Å². The van der Waals surface area contributed by atoms with Gasteiger partial charge in [-0.3, -0.25) is 4.79 Å². The van der Waals surface area contributed by atoms with E-state index in [1.54, 1.807) is 12.3 Å². The van der Waals surface area contributed by atoms with Crippen molar-refractivity contribution in [1.29, 1.82) is 0 Å². The Morgan fingerprint density at radius 2 is 2.32 bits per heavy atom. The van der Waals surface area contributed by atoms with Gasteiger partial charge in [-0.05, 0) is 56.1 Å². The van der Waals surface area contributed by atoms with E-state index in [4.69, 9.17) is 0 Å². The van der Waals surface area contributed by atoms with Crippen LogP contribution in [0, 0.1) is 5.92 Å². The number of pyridine rings is 2. The molecule has 1 atom stereocenters. The number of aromatic nitrogens is 2. The number of carbonyl (C=O) groups excluding carboxylic acids is 1. The fourth-order valence-corrected chi connectivity index (χ4v) is 3.01. The molecule has 22 heavy (non-hydrogen) atoms. The van der Waals surface area contributed by atoms with Gasteiger partial charge >= 0.3 is 0 Å². The second-order valence-electron chi connectivity index (χ2n) is 5.86. The Labute approximate surface area is 130 Å². The highest BCUT2D eigenvalue weighted by molar-refractivity contribution is 5.94. The summed E-state index contributed by atoms with van der Waals surface area (Å²) in [6.45, 7) is 6.24. The van der Waals surface area contributed by atoms with Crippen molar-refractivity contribution in [2.24, 2.45) is 5.92 Å². The number of amides is 1. The molecule has 2 aromatic heterocycles. The average Bonchev–Trinajstić information content (AvgIpc) is 2.59. The van der Waals surface area contributed by atoms with Gasteiger partial charge in [-0.2, -0.15) is 0 Å². The number of hydrogen-bond donors (Lipinski definition) is 1. The molecular formula is C17H22N4O. The third kappa shape index (κ3) is 3.42. The topological polar surface area (TPSA) is 58.1 Å². The van der Waals surface area contributed by atoms with E-state index < -0.39 is 0 Å². The molecule has 5 heteroatoms. The van der Waals surface area contributed by atoms with Gasteiger partial charge in [0, 0.05) is 24.7 Å². The zero-order chi connectivity index (χ0) is 15.4. The molecule has 1 N–H and O–H groups in total. The fourth-order valence-electron chi connectivity index (χ4n) is 3.01. The van der Waals surface area contributed by atoms with Gasteiger partial charge in [-0.1, -0.05) is 6.92 Å². The largest absolute Gasteiger partial charge is 0.350 e. The van der Waals surface area contributed by atoms with E-state index in [9.17, 15) is 4.79 Å². The van der Waals surface area contributed by atoms with Crippen LogP contribution >= 0.6 is 0 Å². The maximum atomic E-state index is 12.3. The van der Waals surface area contributed by atoms with Gasteiger partial charge in [-0.15, -0.1) is 0 Å². The summed E-state index contributed by atoms with van der Waals surface area (Å²) >= 11 is 0. The number of fused-ring (bicyclic) bond motifs is 1. The van der Waals surface area contributed by atoms with E-state index >= 15 is 0 Å². The summed E-state index contributed by atoms with van der Waals surface area (Å²) < 4.78 is 0. The zero-order valence-electron chi connectivity index (χ0n) is 13.0. The molecule has 2 aromatic rings. The van der Waals surface area contributed by atoms with Gasteiger partial charge in [0.05, 0.1) is 0 Å². The van der Waals surface area contributed by atoms with Crippen LogP contribution in [0.15, 0.2) is 30.5 Å². The molecule has 3 rings (SSSR count). The second kappa shape index (κ2) is 6.83. The minimum Gasteiger partial charge on any atom is -0.350 e. The fraction of sp³-hybridized carbons (Fsp3) is 0.471. The smallest absolute Gasteiger partial charge is 0.269 e. The summed E-state index contributed by atoms with van der Waals surface area (Å²) in [4.78, 5) is 23.2. The van der Waals surface area contributed by atoms with E-state index in [-0.39, 0.29) is 5.91 Å². The SMILES string of the molecule is CCN1CCCC(CNC(=O)c2ccc3cccnc3n2)C1. The number of nitrogens with zero attached hydrogens (tertiary/aromatic N) is 3. The number of carbonyl (C=O) groups is 1. The van der Waals surface area contributed by atoms with Crippen LogP contribution in [0.2, 0.25) is 0 Å². The van der Waals surface area contributed by atoms with Crippen LogP contribution in [-0.4, -0.2) is 47.0 Å². The molecule has 1 aliphatic rings. The molecule has 1 fully saturated rings. The number of likely N-dealkylation sites (tertiary alicyclic amines) is 1. The molecule has 1 amide bonds. The molecule has 0 aliphatic carbocycles. The standard InChI is InChI=1S/C17H22N4O/c1-2-21-10-4-5-13(12-21)11-19-17(22)15-8-7-14-6-3-9-18-16(14)20-15/h3,6-9,13H,2,4-5,10-12H2,1H3,(H,19,22). The van der Waals surface area contributed by atoms with E-state index in [1.165, 1.54) is 19.4 Å². The molecular weight excluding hydrogens is 276 g/mol. The normalized spacial score (nSPS) is 19.2. The van der Waals surface area contributed by atoms with Crippen LogP contribution in [0.5, 0.6) is 0 Å². The number of nitrogens with one attached hydrogen (secondary N) is 1.